The second-order valence-electron chi connectivity index (χ2n) is 9.49. The minimum atomic E-state index is -0.104. The summed E-state index contributed by atoms with van der Waals surface area (Å²) in [7, 11) is 3.23. The normalized spacial score (nSPS) is 15.4. The molecule has 0 spiro atoms. The van der Waals surface area contributed by atoms with Crippen LogP contribution in [0.15, 0.2) is 42.6 Å². The molecule has 3 aromatic rings. The van der Waals surface area contributed by atoms with Gasteiger partial charge in [0.25, 0.3) is 0 Å². The zero-order valence-electron chi connectivity index (χ0n) is 22.7. The van der Waals surface area contributed by atoms with Crippen molar-refractivity contribution in [2.75, 3.05) is 74.5 Å². The molecule has 2 aliphatic heterocycles. The molecule has 212 valence electrons. The number of carbonyl (C=O) groups is 1. The third kappa shape index (κ3) is 6.43. The molecule has 2 fully saturated rings. The van der Waals surface area contributed by atoms with Crippen molar-refractivity contribution < 1.29 is 19.0 Å². The largest absolute Gasteiger partial charge is 0.495 e. The van der Waals surface area contributed by atoms with Crippen LogP contribution >= 0.6 is 11.6 Å². The zero-order chi connectivity index (χ0) is 27.9. The van der Waals surface area contributed by atoms with E-state index in [1.54, 1.807) is 20.3 Å². The molecule has 2 aromatic carbocycles. The third-order valence-corrected chi connectivity index (χ3v) is 7.16. The number of methoxy groups -OCH3 is 2. The van der Waals surface area contributed by atoms with Gasteiger partial charge in [-0.15, -0.1) is 0 Å². The Kier molecular flexibility index (Phi) is 8.92. The number of rotatable bonds is 8. The molecule has 0 bridgehead atoms. The molecule has 0 unspecified atom stereocenters. The van der Waals surface area contributed by atoms with Gasteiger partial charge in [-0.3, -0.25) is 0 Å². The highest BCUT2D eigenvalue weighted by molar-refractivity contribution is 6.33. The van der Waals surface area contributed by atoms with Crippen LogP contribution in [-0.2, 0) is 4.74 Å². The number of para-hydroxylation sites is 1. The molecule has 0 radical (unpaired) electrons. The fraction of sp³-hybridized carbons (Fsp3) is 0.393. The molecule has 2 amide bonds. The van der Waals surface area contributed by atoms with Crippen LogP contribution in [0.25, 0.3) is 0 Å². The number of amides is 2. The van der Waals surface area contributed by atoms with E-state index in [0.29, 0.717) is 47.1 Å². The molecule has 0 aliphatic carbocycles. The summed E-state index contributed by atoms with van der Waals surface area (Å²) in [5, 5.41) is 9.89. The predicted molar refractivity (Wildman–Crippen MR) is 157 cm³/mol. The van der Waals surface area contributed by atoms with Crippen LogP contribution < -0.4 is 30.3 Å². The molecule has 0 saturated carbocycles. The van der Waals surface area contributed by atoms with E-state index >= 15 is 0 Å². The fourth-order valence-corrected chi connectivity index (χ4v) is 4.97. The van der Waals surface area contributed by atoms with E-state index in [4.69, 9.17) is 25.8 Å². The van der Waals surface area contributed by atoms with Gasteiger partial charge in [-0.2, -0.15) is 4.98 Å². The maximum Gasteiger partial charge on any atom is 0.321 e. The van der Waals surface area contributed by atoms with Gasteiger partial charge in [0.15, 0.2) is 5.82 Å². The van der Waals surface area contributed by atoms with Crippen LogP contribution in [0.1, 0.15) is 19.3 Å². The van der Waals surface area contributed by atoms with E-state index < -0.39 is 0 Å². The number of anilines is 6. The van der Waals surface area contributed by atoms with Gasteiger partial charge >= 0.3 is 6.03 Å². The average Bonchev–Trinajstić information content (AvgIpc) is 3.00. The Hall–Kier alpha value is -3.96. The van der Waals surface area contributed by atoms with Gasteiger partial charge in [0, 0.05) is 37.9 Å². The Morgan fingerprint density at radius 2 is 1.73 bits per heavy atom. The number of halogens is 1. The van der Waals surface area contributed by atoms with Gasteiger partial charge in [-0.1, -0.05) is 17.7 Å². The topological polar surface area (TPSA) is 113 Å². The highest BCUT2D eigenvalue weighted by Gasteiger charge is 2.21. The molecular formula is C28H34ClN7O4. The van der Waals surface area contributed by atoms with Crippen LogP contribution in [0.2, 0.25) is 5.02 Å². The Labute approximate surface area is 238 Å². The number of nitrogens with zero attached hydrogens (tertiary/aromatic N) is 4. The number of morpholine rings is 1. The average molecular weight is 568 g/mol. The van der Waals surface area contributed by atoms with Gasteiger partial charge in [-0.25, -0.2) is 9.78 Å². The van der Waals surface area contributed by atoms with E-state index in [-0.39, 0.29) is 6.03 Å². The van der Waals surface area contributed by atoms with E-state index in [9.17, 15) is 4.79 Å². The first kappa shape index (κ1) is 27.6. The lowest BCUT2D eigenvalue weighted by Gasteiger charge is -2.31. The number of hydrogen-bond donors (Lipinski definition) is 3. The number of hydrogen-bond acceptors (Lipinski definition) is 9. The summed E-state index contributed by atoms with van der Waals surface area (Å²) in [5.41, 5.74) is 3.01. The molecule has 40 heavy (non-hydrogen) atoms. The van der Waals surface area contributed by atoms with Crippen LogP contribution in [-0.4, -0.2) is 74.5 Å². The molecule has 12 heteroatoms. The van der Waals surface area contributed by atoms with Crippen LogP contribution in [0.5, 0.6) is 11.5 Å². The van der Waals surface area contributed by atoms with Crippen LogP contribution in [0.4, 0.5) is 39.3 Å². The van der Waals surface area contributed by atoms with Crippen molar-refractivity contribution in [3.8, 4) is 11.5 Å². The number of piperidine rings is 1. The molecule has 5 rings (SSSR count). The highest BCUT2D eigenvalue weighted by atomic mass is 35.5. The lowest BCUT2D eigenvalue weighted by molar-refractivity contribution is 0.122. The van der Waals surface area contributed by atoms with Gasteiger partial charge in [0.2, 0.25) is 5.95 Å². The second kappa shape index (κ2) is 12.9. The SMILES string of the molecule is COc1cc(NC(=O)N2CCCCC2)ccc1Nc1ncc(Cl)c(Nc2cccc(OC)c2N2CCOCC2)n1. The number of benzene rings is 2. The van der Waals surface area contributed by atoms with Gasteiger partial charge in [0.1, 0.15) is 22.2 Å². The van der Waals surface area contributed by atoms with E-state index in [1.807, 2.05) is 35.2 Å². The lowest BCUT2D eigenvalue weighted by Crippen LogP contribution is -2.38. The van der Waals surface area contributed by atoms with Gasteiger partial charge in [-0.05, 0) is 43.5 Å². The van der Waals surface area contributed by atoms with E-state index in [2.05, 4.69) is 30.8 Å². The summed E-state index contributed by atoms with van der Waals surface area (Å²) in [6, 6.07) is 11.1. The summed E-state index contributed by atoms with van der Waals surface area (Å²) in [6.45, 7) is 4.32. The monoisotopic (exact) mass is 567 g/mol. The molecule has 2 saturated heterocycles. The maximum absolute atomic E-state index is 12.6. The van der Waals surface area contributed by atoms with E-state index in [0.717, 1.165) is 62.6 Å². The summed E-state index contributed by atoms with van der Waals surface area (Å²) >= 11 is 6.50. The van der Waals surface area contributed by atoms with Crippen molar-refractivity contribution in [2.24, 2.45) is 0 Å². The number of nitrogens with one attached hydrogen (secondary N) is 3. The van der Waals surface area contributed by atoms with Crippen molar-refractivity contribution in [3.63, 3.8) is 0 Å². The number of ether oxygens (including phenoxy) is 3. The smallest absolute Gasteiger partial charge is 0.321 e. The van der Waals surface area contributed by atoms with E-state index in [1.165, 1.54) is 6.20 Å². The lowest BCUT2D eigenvalue weighted by atomic mass is 10.1. The van der Waals surface area contributed by atoms with Crippen molar-refractivity contribution >= 4 is 52.1 Å². The molecule has 2 aliphatic rings. The van der Waals surface area contributed by atoms with Crippen molar-refractivity contribution in [1.29, 1.82) is 0 Å². The van der Waals surface area contributed by atoms with Crippen LogP contribution in [0, 0.1) is 0 Å². The summed E-state index contributed by atoms with van der Waals surface area (Å²) in [4.78, 5) is 25.7. The Morgan fingerprint density at radius 1 is 0.950 bits per heavy atom. The van der Waals surface area contributed by atoms with Crippen molar-refractivity contribution in [2.45, 2.75) is 19.3 Å². The Bertz CT molecular complexity index is 1330. The molecule has 1 aromatic heterocycles. The van der Waals surface area contributed by atoms with Crippen molar-refractivity contribution in [3.05, 3.63) is 47.6 Å². The number of carbonyl (C=O) groups excluding carboxylic acids is 1. The minimum Gasteiger partial charge on any atom is -0.495 e. The first-order chi connectivity index (χ1) is 19.6. The number of urea groups is 1. The molecule has 3 heterocycles. The fourth-order valence-electron chi connectivity index (χ4n) is 4.84. The Balaban J connectivity index is 1.34. The number of likely N-dealkylation sites (tertiary alicyclic amines) is 1. The maximum atomic E-state index is 12.6. The Morgan fingerprint density at radius 3 is 2.48 bits per heavy atom. The third-order valence-electron chi connectivity index (χ3n) is 6.89. The predicted octanol–water partition coefficient (Wildman–Crippen LogP) is 5.49. The molecule has 0 atom stereocenters. The summed E-state index contributed by atoms with van der Waals surface area (Å²) in [6.07, 6.45) is 4.76. The van der Waals surface area contributed by atoms with Crippen molar-refractivity contribution in [1.82, 2.24) is 14.9 Å². The number of aromatic nitrogens is 2. The summed E-state index contributed by atoms with van der Waals surface area (Å²) < 4.78 is 16.8. The first-order valence-electron chi connectivity index (χ1n) is 13.4. The van der Waals surface area contributed by atoms with Gasteiger partial charge < -0.3 is 40.0 Å². The van der Waals surface area contributed by atoms with Gasteiger partial charge in [0.05, 0.1) is 45.0 Å². The molecule has 11 nitrogen and oxygen atoms in total. The standard InChI is InChI=1S/C28H34ClN7O4/c1-38-23-8-6-7-22(25(23)35-13-15-40-16-14-35)32-26-20(29)18-30-27(34-26)33-21-10-9-19(17-24(21)39-2)31-28(37)36-11-4-3-5-12-36/h6-10,17-18H,3-5,11-16H2,1-2H3,(H,31,37)(H2,30,32,33,34). The minimum absolute atomic E-state index is 0.104. The molecule has 3 N–H and O–H groups in total. The summed E-state index contributed by atoms with van der Waals surface area (Å²) in [5.74, 6) is 2.04. The molecular weight excluding hydrogens is 534 g/mol. The highest BCUT2D eigenvalue weighted by Crippen LogP contribution is 2.39. The quantitative estimate of drug-likeness (QED) is 0.325. The second-order valence-corrected chi connectivity index (χ2v) is 9.90. The first-order valence-corrected chi connectivity index (χ1v) is 13.7. The zero-order valence-corrected chi connectivity index (χ0v) is 23.5. The van der Waals surface area contributed by atoms with Crippen LogP contribution in [0.3, 0.4) is 0 Å².